The number of fused-ring (bicyclic) bond motifs is 2. The average Bonchev–Trinajstić information content (AvgIpc) is 3.10. The number of anilines is 1. The van der Waals surface area contributed by atoms with E-state index in [0.29, 0.717) is 41.6 Å². The molecule has 32 heavy (non-hydrogen) atoms. The highest BCUT2D eigenvalue weighted by Crippen LogP contribution is 2.38. The van der Waals surface area contributed by atoms with Crippen LogP contribution >= 0.6 is 0 Å². The third-order valence-electron chi connectivity index (χ3n) is 5.85. The lowest BCUT2D eigenvalue weighted by molar-refractivity contribution is 0.0489. The Morgan fingerprint density at radius 2 is 1.75 bits per heavy atom. The molecular weight excluding hydrogens is 410 g/mol. The fraction of sp³-hybridized carbons (Fsp3) is 0.304. The number of pyridine rings is 2. The van der Waals surface area contributed by atoms with Crippen molar-refractivity contribution < 1.29 is 19.1 Å². The van der Waals surface area contributed by atoms with Crippen LogP contribution in [0.3, 0.4) is 0 Å². The minimum Gasteiger partial charge on any atom is -0.481 e. The zero-order valence-electron chi connectivity index (χ0n) is 17.9. The first kappa shape index (κ1) is 20.2. The van der Waals surface area contributed by atoms with Gasteiger partial charge >= 0.3 is 6.09 Å². The fourth-order valence-electron chi connectivity index (χ4n) is 4.00. The fourth-order valence-corrected chi connectivity index (χ4v) is 4.00. The number of rotatable bonds is 3. The van der Waals surface area contributed by atoms with E-state index in [1.807, 2.05) is 25.2 Å². The summed E-state index contributed by atoms with van der Waals surface area (Å²) in [5.74, 6) is 0.512. The second-order valence-electron chi connectivity index (χ2n) is 7.86. The number of methoxy groups -OCH3 is 1. The minimum absolute atomic E-state index is 0.272. The van der Waals surface area contributed by atoms with Crippen LogP contribution in [0.1, 0.15) is 22.1 Å². The first-order chi connectivity index (χ1) is 15.5. The molecule has 9 heteroatoms. The van der Waals surface area contributed by atoms with Crippen LogP contribution in [-0.4, -0.2) is 72.1 Å². The standard InChI is InChI=1S/C23H23N5O4/c1-26-11-13-27(14-12-26)23(30)32-22-17-6-4-3-5-16(17)21(29)28(22)18-9-7-15-8-10-19(31-2)25-20(15)24-18/h3-10,22H,11-14H2,1-2H3. The SMILES string of the molecule is COc1ccc2ccc(N3C(=O)c4ccccc4C3OC(=O)N3CCN(C)CC3)nc2n1. The van der Waals surface area contributed by atoms with Crippen LogP contribution in [0.25, 0.3) is 11.0 Å². The van der Waals surface area contributed by atoms with Crippen LogP contribution in [0.15, 0.2) is 48.5 Å². The number of hydrogen-bond acceptors (Lipinski definition) is 7. The molecule has 4 heterocycles. The number of ether oxygens (including phenoxy) is 2. The zero-order chi connectivity index (χ0) is 22.2. The van der Waals surface area contributed by atoms with Crippen molar-refractivity contribution in [1.82, 2.24) is 19.8 Å². The molecule has 1 saturated heterocycles. The maximum Gasteiger partial charge on any atom is 0.412 e. The summed E-state index contributed by atoms with van der Waals surface area (Å²) in [6, 6.07) is 14.3. The average molecular weight is 433 g/mol. The lowest BCUT2D eigenvalue weighted by Gasteiger charge is -2.33. The molecule has 0 spiro atoms. The van der Waals surface area contributed by atoms with E-state index in [1.54, 1.807) is 35.2 Å². The molecule has 2 amide bonds. The molecule has 0 bridgehead atoms. The second kappa shape index (κ2) is 8.08. The Hall–Kier alpha value is -3.72. The van der Waals surface area contributed by atoms with Gasteiger partial charge in [0.1, 0.15) is 5.82 Å². The van der Waals surface area contributed by atoms with E-state index in [4.69, 9.17) is 9.47 Å². The van der Waals surface area contributed by atoms with Crippen LogP contribution in [0.4, 0.5) is 10.6 Å². The number of amides is 2. The zero-order valence-corrected chi connectivity index (χ0v) is 17.9. The van der Waals surface area contributed by atoms with Crippen LogP contribution in [0.2, 0.25) is 0 Å². The Morgan fingerprint density at radius 1 is 1.00 bits per heavy atom. The van der Waals surface area contributed by atoms with Gasteiger partial charge in [0.15, 0.2) is 5.65 Å². The quantitative estimate of drug-likeness (QED) is 0.628. The molecular formula is C23H23N5O4. The molecule has 1 fully saturated rings. The Bertz CT molecular complexity index is 1190. The number of carbonyl (C=O) groups excluding carboxylic acids is 2. The Labute approximate surface area is 185 Å². The molecule has 9 nitrogen and oxygen atoms in total. The number of carbonyl (C=O) groups is 2. The maximum atomic E-state index is 13.3. The third kappa shape index (κ3) is 3.50. The molecule has 0 N–H and O–H groups in total. The summed E-state index contributed by atoms with van der Waals surface area (Å²) in [5.41, 5.74) is 1.57. The van der Waals surface area contributed by atoms with Gasteiger partial charge in [-0.25, -0.2) is 9.78 Å². The number of aromatic nitrogens is 2. The predicted octanol–water partition coefficient (Wildman–Crippen LogP) is 2.68. The van der Waals surface area contributed by atoms with Crippen LogP contribution in [0, 0.1) is 0 Å². The van der Waals surface area contributed by atoms with Gasteiger partial charge < -0.3 is 19.3 Å². The highest BCUT2D eigenvalue weighted by Gasteiger charge is 2.41. The highest BCUT2D eigenvalue weighted by molar-refractivity contribution is 6.10. The van der Waals surface area contributed by atoms with Crippen molar-refractivity contribution in [3.05, 3.63) is 59.7 Å². The number of benzene rings is 1. The van der Waals surface area contributed by atoms with Crippen molar-refractivity contribution in [2.45, 2.75) is 6.23 Å². The Kier molecular flexibility index (Phi) is 5.10. The summed E-state index contributed by atoms with van der Waals surface area (Å²) in [6.45, 7) is 2.71. The first-order valence-corrected chi connectivity index (χ1v) is 10.4. The number of hydrogen-bond donors (Lipinski definition) is 0. The van der Waals surface area contributed by atoms with Crippen molar-refractivity contribution in [2.75, 3.05) is 45.2 Å². The smallest absolute Gasteiger partial charge is 0.412 e. The number of likely N-dealkylation sites (N-methyl/N-ethyl adjacent to an activating group) is 1. The van der Waals surface area contributed by atoms with E-state index < -0.39 is 12.3 Å². The van der Waals surface area contributed by atoms with Gasteiger partial charge in [-0.2, -0.15) is 4.98 Å². The Balaban J connectivity index is 1.50. The van der Waals surface area contributed by atoms with E-state index in [1.165, 1.54) is 12.0 Å². The Morgan fingerprint density at radius 3 is 2.53 bits per heavy atom. The maximum absolute atomic E-state index is 13.3. The van der Waals surface area contributed by atoms with E-state index in [0.717, 1.165) is 18.5 Å². The number of nitrogens with zero attached hydrogens (tertiary/aromatic N) is 5. The van der Waals surface area contributed by atoms with E-state index in [-0.39, 0.29) is 5.91 Å². The lowest BCUT2D eigenvalue weighted by Crippen LogP contribution is -2.48. The molecule has 1 unspecified atom stereocenters. The van der Waals surface area contributed by atoms with E-state index in [2.05, 4.69) is 14.9 Å². The minimum atomic E-state index is -0.901. The van der Waals surface area contributed by atoms with E-state index in [9.17, 15) is 9.59 Å². The molecule has 5 rings (SSSR count). The third-order valence-corrected chi connectivity index (χ3v) is 5.85. The van der Waals surface area contributed by atoms with Gasteiger partial charge in [-0.1, -0.05) is 18.2 Å². The van der Waals surface area contributed by atoms with Crippen LogP contribution in [0.5, 0.6) is 5.88 Å². The molecule has 2 aliphatic rings. The molecule has 0 saturated carbocycles. The van der Waals surface area contributed by atoms with Crippen molar-refractivity contribution in [2.24, 2.45) is 0 Å². The molecule has 2 aliphatic heterocycles. The van der Waals surface area contributed by atoms with Crippen LogP contribution in [-0.2, 0) is 4.74 Å². The molecule has 3 aromatic rings. The van der Waals surface area contributed by atoms with Gasteiger partial charge in [0.05, 0.1) is 7.11 Å². The summed E-state index contributed by atoms with van der Waals surface area (Å²) in [6.07, 6.45) is -1.35. The van der Waals surface area contributed by atoms with Gasteiger partial charge in [-0.05, 0) is 31.3 Å². The van der Waals surface area contributed by atoms with Gasteiger partial charge in [0.2, 0.25) is 12.1 Å². The van der Waals surface area contributed by atoms with E-state index >= 15 is 0 Å². The molecule has 164 valence electrons. The molecule has 0 radical (unpaired) electrons. The van der Waals surface area contributed by atoms with Gasteiger partial charge in [-0.15, -0.1) is 0 Å². The lowest BCUT2D eigenvalue weighted by atomic mass is 10.1. The van der Waals surface area contributed by atoms with Gasteiger partial charge in [0.25, 0.3) is 5.91 Å². The van der Waals surface area contributed by atoms with Gasteiger partial charge in [0, 0.05) is 48.8 Å². The summed E-state index contributed by atoms with van der Waals surface area (Å²) >= 11 is 0. The van der Waals surface area contributed by atoms with Crippen molar-refractivity contribution >= 4 is 28.9 Å². The predicted molar refractivity (Wildman–Crippen MR) is 118 cm³/mol. The largest absolute Gasteiger partial charge is 0.481 e. The second-order valence-corrected chi connectivity index (χ2v) is 7.86. The summed E-state index contributed by atoms with van der Waals surface area (Å²) < 4.78 is 11.1. The monoisotopic (exact) mass is 433 g/mol. The number of piperazine rings is 1. The molecule has 1 atom stereocenters. The van der Waals surface area contributed by atoms with Crippen LogP contribution < -0.4 is 9.64 Å². The first-order valence-electron chi connectivity index (χ1n) is 10.4. The summed E-state index contributed by atoms with van der Waals surface area (Å²) in [5, 5.41) is 0.810. The summed E-state index contributed by atoms with van der Waals surface area (Å²) in [4.78, 5) is 40.4. The highest BCUT2D eigenvalue weighted by atomic mass is 16.6. The topological polar surface area (TPSA) is 88.1 Å². The van der Waals surface area contributed by atoms with Gasteiger partial charge in [-0.3, -0.25) is 9.69 Å². The molecule has 1 aromatic carbocycles. The van der Waals surface area contributed by atoms with Crippen molar-refractivity contribution in [1.29, 1.82) is 0 Å². The summed E-state index contributed by atoms with van der Waals surface area (Å²) in [7, 11) is 3.55. The van der Waals surface area contributed by atoms with Crippen molar-refractivity contribution in [3.8, 4) is 5.88 Å². The van der Waals surface area contributed by atoms with Crippen molar-refractivity contribution in [3.63, 3.8) is 0 Å². The molecule has 0 aliphatic carbocycles. The molecule has 2 aromatic heterocycles. The normalized spacial score (nSPS) is 18.7.